The number of rotatable bonds is 6. The van der Waals surface area contributed by atoms with Crippen LogP contribution in [0.15, 0.2) is 30.5 Å². The van der Waals surface area contributed by atoms with Crippen LogP contribution in [-0.2, 0) is 13.0 Å². The number of halogens is 1. The van der Waals surface area contributed by atoms with E-state index in [4.69, 9.17) is 11.6 Å². The van der Waals surface area contributed by atoms with E-state index in [0.29, 0.717) is 6.04 Å². The van der Waals surface area contributed by atoms with Crippen molar-refractivity contribution >= 4 is 22.9 Å². The van der Waals surface area contributed by atoms with Crippen LogP contribution in [0.2, 0.25) is 5.02 Å². The first-order valence-electron chi connectivity index (χ1n) is 6.65. The number of thiazole rings is 1. The molecular weight excluding hydrogens is 276 g/mol. The zero-order chi connectivity index (χ0) is 13.7. The van der Waals surface area contributed by atoms with E-state index in [1.54, 1.807) is 11.3 Å². The van der Waals surface area contributed by atoms with Crippen LogP contribution in [0.4, 0.5) is 0 Å². The Morgan fingerprint density at radius 1 is 1.37 bits per heavy atom. The van der Waals surface area contributed by atoms with Gasteiger partial charge in [-0.05, 0) is 30.5 Å². The van der Waals surface area contributed by atoms with E-state index >= 15 is 0 Å². The Morgan fingerprint density at radius 3 is 2.84 bits per heavy atom. The lowest BCUT2D eigenvalue weighted by atomic mass is 10.0. The predicted octanol–water partition coefficient (Wildman–Crippen LogP) is 4.60. The summed E-state index contributed by atoms with van der Waals surface area (Å²) in [6.07, 6.45) is 4.02. The first-order valence-corrected chi connectivity index (χ1v) is 7.84. The van der Waals surface area contributed by atoms with Gasteiger partial charge in [0, 0.05) is 28.7 Å². The molecule has 1 atom stereocenters. The number of benzene rings is 1. The molecule has 102 valence electrons. The molecule has 0 saturated carbocycles. The number of nitrogens with one attached hydrogen (secondary N) is 1. The van der Waals surface area contributed by atoms with E-state index in [1.165, 1.54) is 15.4 Å². The van der Waals surface area contributed by atoms with E-state index in [-0.39, 0.29) is 0 Å². The second-order valence-electron chi connectivity index (χ2n) is 4.47. The van der Waals surface area contributed by atoms with Gasteiger partial charge in [0.2, 0.25) is 0 Å². The van der Waals surface area contributed by atoms with Crippen LogP contribution >= 0.6 is 22.9 Å². The zero-order valence-electron chi connectivity index (χ0n) is 11.3. The molecule has 0 aliphatic rings. The fraction of sp³-hybridized carbons (Fsp3) is 0.400. The number of aromatic nitrogens is 1. The number of nitrogens with zero attached hydrogens (tertiary/aromatic N) is 1. The highest BCUT2D eigenvalue weighted by atomic mass is 35.5. The maximum atomic E-state index is 6.05. The zero-order valence-corrected chi connectivity index (χ0v) is 12.9. The highest BCUT2D eigenvalue weighted by Gasteiger charge is 2.10. The van der Waals surface area contributed by atoms with Gasteiger partial charge in [-0.3, -0.25) is 0 Å². The maximum absolute atomic E-state index is 6.05. The van der Waals surface area contributed by atoms with Crippen molar-refractivity contribution in [2.45, 2.75) is 39.3 Å². The summed E-state index contributed by atoms with van der Waals surface area (Å²) in [6.45, 7) is 5.18. The third-order valence-corrected chi connectivity index (χ3v) is 4.46. The van der Waals surface area contributed by atoms with E-state index < -0.39 is 0 Å². The molecule has 19 heavy (non-hydrogen) atoms. The Labute approximate surface area is 123 Å². The smallest absolute Gasteiger partial charge is 0.0925 e. The molecule has 0 aliphatic carbocycles. The summed E-state index contributed by atoms with van der Waals surface area (Å²) < 4.78 is 0. The Kier molecular flexibility index (Phi) is 5.37. The number of hydrogen-bond donors (Lipinski definition) is 1. The minimum absolute atomic E-state index is 0.339. The monoisotopic (exact) mass is 294 g/mol. The molecule has 2 nitrogen and oxygen atoms in total. The lowest BCUT2D eigenvalue weighted by molar-refractivity contribution is 0.522. The van der Waals surface area contributed by atoms with Crippen molar-refractivity contribution in [3.05, 3.63) is 50.9 Å². The van der Waals surface area contributed by atoms with Gasteiger partial charge in [0.25, 0.3) is 0 Å². The number of hydrogen-bond acceptors (Lipinski definition) is 3. The van der Waals surface area contributed by atoms with Crippen LogP contribution < -0.4 is 5.32 Å². The molecule has 0 saturated heterocycles. The Hall–Kier alpha value is -0.900. The third kappa shape index (κ3) is 4.03. The summed E-state index contributed by atoms with van der Waals surface area (Å²) in [4.78, 5) is 5.67. The predicted molar refractivity (Wildman–Crippen MR) is 82.8 cm³/mol. The fourth-order valence-electron chi connectivity index (χ4n) is 2.04. The summed E-state index contributed by atoms with van der Waals surface area (Å²) >= 11 is 7.83. The fourth-order valence-corrected chi connectivity index (χ4v) is 3.05. The molecule has 0 spiro atoms. The van der Waals surface area contributed by atoms with Crippen LogP contribution in [0, 0.1) is 0 Å². The summed E-state index contributed by atoms with van der Waals surface area (Å²) in [5.74, 6) is 0. The van der Waals surface area contributed by atoms with E-state index in [2.05, 4.69) is 30.2 Å². The van der Waals surface area contributed by atoms with Crippen molar-refractivity contribution in [3.63, 3.8) is 0 Å². The molecule has 2 rings (SSSR count). The third-order valence-electron chi connectivity index (χ3n) is 3.09. The molecule has 0 aliphatic heterocycles. The lowest BCUT2D eigenvalue weighted by Crippen LogP contribution is -2.19. The molecule has 1 unspecified atom stereocenters. The Bertz CT molecular complexity index is 524. The molecule has 0 amide bonds. The molecule has 0 bridgehead atoms. The average molecular weight is 295 g/mol. The highest BCUT2D eigenvalue weighted by molar-refractivity contribution is 7.11. The molecule has 2 aromatic rings. The van der Waals surface area contributed by atoms with Crippen LogP contribution in [-0.4, -0.2) is 4.98 Å². The first-order chi connectivity index (χ1) is 9.22. The topological polar surface area (TPSA) is 24.9 Å². The number of aryl methyl sites for hydroxylation is 1. The van der Waals surface area contributed by atoms with Gasteiger partial charge in [-0.25, -0.2) is 4.98 Å². The van der Waals surface area contributed by atoms with E-state index in [9.17, 15) is 0 Å². The molecule has 4 heteroatoms. The van der Waals surface area contributed by atoms with Gasteiger partial charge < -0.3 is 5.32 Å². The normalized spacial score (nSPS) is 12.6. The van der Waals surface area contributed by atoms with Gasteiger partial charge in [-0.15, -0.1) is 11.3 Å². The lowest BCUT2D eigenvalue weighted by Gasteiger charge is -2.17. The molecule has 1 aromatic carbocycles. The summed E-state index contributed by atoms with van der Waals surface area (Å²) in [5.41, 5.74) is 1.25. The highest BCUT2D eigenvalue weighted by Crippen LogP contribution is 2.21. The van der Waals surface area contributed by atoms with Crippen LogP contribution in [0.25, 0.3) is 0 Å². The van der Waals surface area contributed by atoms with Gasteiger partial charge in [0.1, 0.15) is 0 Å². The van der Waals surface area contributed by atoms with E-state index in [1.807, 2.05) is 24.4 Å². The quantitative estimate of drug-likeness (QED) is 0.842. The summed E-state index contributed by atoms with van der Waals surface area (Å²) in [6, 6.07) is 8.41. The SMILES string of the molecule is CCc1ncc(CNC(CC)c2cccc(Cl)c2)s1. The molecule has 1 heterocycles. The largest absolute Gasteiger partial charge is 0.305 e. The molecular formula is C15H19ClN2S. The van der Waals surface area contributed by atoms with Crippen molar-refractivity contribution < 1.29 is 0 Å². The van der Waals surface area contributed by atoms with Gasteiger partial charge in [0.05, 0.1) is 5.01 Å². The summed E-state index contributed by atoms with van der Waals surface area (Å²) in [5, 5.41) is 5.58. The Balaban J connectivity index is 1.99. The molecule has 0 radical (unpaired) electrons. The van der Waals surface area contributed by atoms with E-state index in [0.717, 1.165) is 24.4 Å². The molecule has 1 aromatic heterocycles. The maximum Gasteiger partial charge on any atom is 0.0925 e. The van der Waals surface area contributed by atoms with Crippen molar-refractivity contribution in [2.24, 2.45) is 0 Å². The van der Waals surface area contributed by atoms with Gasteiger partial charge in [0.15, 0.2) is 0 Å². The molecule has 0 fully saturated rings. The van der Waals surface area contributed by atoms with Crippen molar-refractivity contribution in [2.75, 3.05) is 0 Å². The van der Waals surface area contributed by atoms with Crippen LogP contribution in [0.3, 0.4) is 0 Å². The van der Waals surface area contributed by atoms with Gasteiger partial charge >= 0.3 is 0 Å². The first kappa shape index (κ1) is 14.5. The second kappa shape index (κ2) is 7.04. The van der Waals surface area contributed by atoms with Crippen molar-refractivity contribution in [1.82, 2.24) is 10.3 Å². The average Bonchev–Trinajstić information content (AvgIpc) is 2.87. The van der Waals surface area contributed by atoms with Crippen LogP contribution in [0.5, 0.6) is 0 Å². The van der Waals surface area contributed by atoms with Crippen molar-refractivity contribution in [3.8, 4) is 0 Å². The van der Waals surface area contributed by atoms with Crippen molar-refractivity contribution in [1.29, 1.82) is 0 Å². The minimum atomic E-state index is 0.339. The standard InChI is InChI=1S/C15H19ClN2S/c1-3-14(11-6-5-7-12(16)8-11)17-9-13-10-18-15(4-2)19-13/h5-8,10,14,17H,3-4,9H2,1-2H3. The molecule has 1 N–H and O–H groups in total. The van der Waals surface area contributed by atoms with Gasteiger partial charge in [-0.2, -0.15) is 0 Å². The summed E-state index contributed by atoms with van der Waals surface area (Å²) in [7, 11) is 0. The van der Waals surface area contributed by atoms with Crippen LogP contribution in [0.1, 0.15) is 41.8 Å². The second-order valence-corrected chi connectivity index (χ2v) is 6.11. The van der Waals surface area contributed by atoms with Gasteiger partial charge in [-0.1, -0.05) is 37.6 Å². The Morgan fingerprint density at radius 2 is 2.21 bits per heavy atom. The minimum Gasteiger partial charge on any atom is -0.305 e.